The van der Waals surface area contributed by atoms with E-state index in [0.717, 1.165) is 24.8 Å². The highest BCUT2D eigenvalue weighted by Gasteiger charge is 2.18. The summed E-state index contributed by atoms with van der Waals surface area (Å²) in [6, 6.07) is 14.8. The van der Waals surface area contributed by atoms with Crippen LogP contribution < -0.4 is 4.74 Å². The molecule has 1 unspecified atom stereocenters. The van der Waals surface area contributed by atoms with Crippen molar-refractivity contribution < 1.29 is 14.3 Å². The maximum absolute atomic E-state index is 11.9. The van der Waals surface area contributed by atoms with Crippen LogP contribution in [0.3, 0.4) is 0 Å². The molecule has 0 saturated heterocycles. The minimum absolute atomic E-state index is 0.241. The molecule has 1 aromatic heterocycles. The van der Waals surface area contributed by atoms with Gasteiger partial charge < -0.3 is 9.47 Å². The molecule has 0 N–H and O–H groups in total. The molecule has 1 aromatic carbocycles. The van der Waals surface area contributed by atoms with E-state index in [-0.39, 0.29) is 12.0 Å². The first-order chi connectivity index (χ1) is 10.3. The zero-order valence-electron chi connectivity index (χ0n) is 12.1. The van der Waals surface area contributed by atoms with E-state index in [1.807, 2.05) is 30.3 Å². The molecular formula is C17H19NO3. The molecule has 0 fully saturated rings. The summed E-state index contributed by atoms with van der Waals surface area (Å²) in [5, 5.41) is 0. The number of carbonyl (C=O) groups is 1. The zero-order chi connectivity index (χ0) is 14.9. The Labute approximate surface area is 124 Å². The second-order valence-corrected chi connectivity index (χ2v) is 4.68. The van der Waals surface area contributed by atoms with Crippen molar-refractivity contribution in [3.05, 3.63) is 60.3 Å². The Morgan fingerprint density at radius 1 is 1.14 bits per heavy atom. The number of ether oxygens (including phenoxy) is 2. The first-order valence-electron chi connectivity index (χ1n) is 7.14. The van der Waals surface area contributed by atoms with Gasteiger partial charge in [0.1, 0.15) is 6.10 Å². The summed E-state index contributed by atoms with van der Waals surface area (Å²) in [5.41, 5.74) is 0.976. The number of hydrogen-bond donors (Lipinski definition) is 0. The van der Waals surface area contributed by atoms with Crippen LogP contribution in [0, 0.1) is 0 Å². The van der Waals surface area contributed by atoms with Crippen molar-refractivity contribution in [2.75, 3.05) is 0 Å². The monoisotopic (exact) mass is 285 g/mol. The number of benzene rings is 1. The first-order valence-corrected chi connectivity index (χ1v) is 7.14. The molecule has 110 valence electrons. The van der Waals surface area contributed by atoms with Crippen LogP contribution in [0.5, 0.6) is 5.88 Å². The molecule has 0 aliphatic heterocycles. The lowest BCUT2D eigenvalue weighted by atomic mass is 10.0. The van der Waals surface area contributed by atoms with E-state index in [4.69, 9.17) is 9.47 Å². The van der Waals surface area contributed by atoms with Gasteiger partial charge in [-0.1, -0.05) is 49.7 Å². The van der Waals surface area contributed by atoms with Crippen LogP contribution in [0.15, 0.2) is 54.7 Å². The average Bonchev–Trinajstić information content (AvgIpc) is 2.53. The third-order valence-corrected chi connectivity index (χ3v) is 3.06. The van der Waals surface area contributed by atoms with Gasteiger partial charge in [0.25, 0.3) is 0 Å². The lowest BCUT2D eigenvalue weighted by Gasteiger charge is -2.17. The number of pyridine rings is 1. The van der Waals surface area contributed by atoms with E-state index in [9.17, 15) is 4.79 Å². The number of aromatic nitrogens is 1. The Morgan fingerprint density at radius 3 is 2.57 bits per heavy atom. The molecule has 2 aromatic rings. The predicted octanol–water partition coefficient (Wildman–Crippen LogP) is 4.53. The molecule has 1 atom stereocenters. The minimum Gasteiger partial charge on any atom is -0.426 e. The van der Waals surface area contributed by atoms with Crippen LogP contribution >= 0.6 is 0 Å². The normalized spacial score (nSPS) is 11.7. The summed E-state index contributed by atoms with van der Waals surface area (Å²) in [6.45, 7) is 2.11. The largest absolute Gasteiger partial charge is 0.515 e. The fourth-order valence-electron chi connectivity index (χ4n) is 1.98. The van der Waals surface area contributed by atoms with E-state index in [0.29, 0.717) is 0 Å². The Kier molecular flexibility index (Phi) is 5.76. The molecule has 0 radical (unpaired) electrons. The molecular weight excluding hydrogens is 266 g/mol. The highest BCUT2D eigenvalue weighted by molar-refractivity contribution is 5.63. The van der Waals surface area contributed by atoms with E-state index in [2.05, 4.69) is 11.9 Å². The van der Waals surface area contributed by atoms with Crippen LogP contribution in [0.25, 0.3) is 0 Å². The summed E-state index contributed by atoms with van der Waals surface area (Å²) in [6.07, 6.45) is 3.35. The van der Waals surface area contributed by atoms with Gasteiger partial charge in [0.2, 0.25) is 5.88 Å². The summed E-state index contributed by atoms with van der Waals surface area (Å²) in [5.74, 6) is 0.241. The number of nitrogens with zero attached hydrogens (tertiary/aromatic N) is 1. The number of hydrogen-bond acceptors (Lipinski definition) is 4. The summed E-state index contributed by atoms with van der Waals surface area (Å²) in [4.78, 5) is 15.8. The van der Waals surface area contributed by atoms with Crippen molar-refractivity contribution >= 4 is 6.16 Å². The molecule has 0 bridgehead atoms. The van der Waals surface area contributed by atoms with Crippen LogP contribution in [0.2, 0.25) is 0 Å². The van der Waals surface area contributed by atoms with Crippen molar-refractivity contribution in [3.63, 3.8) is 0 Å². The molecule has 0 amide bonds. The molecule has 4 nitrogen and oxygen atoms in total. The van der Waals surface area contributed by atoms with Gasteiger partial charge in [-0.05, 0) is 24.5 Å². The highest BCUT2D eigenvalue weighted by atomic mass is 16.7. The Hall–Kier alpha value is -2.36. The molecule has 0 spiro atoms. The SMILES string of the molecule is CCCCC(OC(=O)Oc1ccccn1)c1ccccc1. The van der Waals surface area contributed by atoms with Crippen molar-refractivity contribution in [2.45, 2.75) is 32.3 Å². The third-order valence-electron chi connectivity index (χ3n) is 3.06. The molecule has 21 heavy (non-hydrogen) atoms. The highest BCUT2D eigenvalue weighted by Crippen LogP contribution is 2.24. The Bertz CT molecular complexity index is 542. The molecule has 4 heteroatoms. The average molecular weight is 285 g/mol. The van der Waals surface area contributed by atoms with Crippen LogP contribution in [0.1, 0.15) is 37.9 Å². The van der Waals surface area contributed by atoms with Crippen LogP contribution in [-0.2, 0) is 4.74 Å². The number of carbonyl (C=O) groups excluding carboxylic acids is 1. The zero-order valence-corrected chi connectivity index (χ0v) is 12.1. The lowest BCUT2D eigenvalue weighted by Crippen LogP contribution is -2.16. The summed E-state index contributed by atoms with van der Waals surface area (Å²) in [7, 11) is 0. The maximum atomic E-state index is 11.9. The van der Waals surface area contributed by atoms with E-state index in [1.165, 1.54) is 0 Å². The smallest absolute Gasteiger partial charge is 0.426 e. The topological polar surface area (TPSA) is 48.4 Å². The summed E-state index contributed by atoms with van der Waals surface area (Å²) >= 11 is 0. The van der Waals surface area contributed by atoms with Gasteiger partial charge >= 0.3 is 6.16 Å². The van der Waals surface area contributed by atoms with Crippen molar-refractivity contribution in [1.29, 1.82) is 0 Å². The molecule has 1 heterocycles. The molecule has 0 aliphatic rings. The van der Waals surface area contributed by atoms with Crippen LogP contribution in [-0.4, -0.2) is 11.1 Å². The quantitative estimate of drug-likeness (QED) is 0.732. The van der Waals surface area contributed by atoms with Gasteiger partial charge in [0.15, 0.2) is 0 Å². The van der Waals surface area contributed by atoms with Gasteiger partial charge in [-0.2, -0.15) is 0 Å². The second kappa shape index (κ2) is 8.04. The van der Waals surface area contributed by atoms with Crippen LogP contribution in [0.4, 0.5) is 4.79 Å². The number of unbranched alkanes of at least 4 members (excludes halogenated alkanes) is 1. The second-order valence-electron chi connectivity index (χ2n) is 4.68. The van der Waals surface area contributed by atoms with Crippen molar-refractivity contribution in [1.82, 2.24) is 4.98 Å². The fraction of sp³-hybridized carbons (Fsp3) is 0.294. The van der Waals surface area contributed by atoms with Crippen molar-refractivity contribution in [2.24, 2.45) is 0 Å². The number of rotatable bonds is 6. The molecule has 0 aliphatic carbocycles. The predicted molar refractivity (Wildman–Crippen MR) is 80.1 cm³/mol. The third kappa shape index (κ3) is 4.91. The maximum Gasteiger partial charge on any atom is 0.515 e. The van der Waals surface area contributed by atoms with Gasteiger partial charge in [-0.15, -0.1) is 0 Å². The standard InChI is InChI=1S/C17H19NO3/c1-2-3-11-15(14-9-5-4-6-10-14)20-17(19)21-16-12-7-8-13-18-16/h4-10,12-13,15H,2-3,11H2,1H3. The lowest BCUT2D eigenvalue weighted by molar-refractivity contribution is 0.0519. The van der Waals surface area contributed by atoms with Gasteiger partial charge in [-0.3, -0.25) is 0 Å². The molecule has 0 saturated carbocycles. The van der Waals surface area contributed by atoms with Gasteiger partial charge in [0.05, 0.1) is 0 Å². The minimum atomic E-state index is -0.723. The fourth-order valence-corrected chi connectivity index (χ4v) is 1.98. The first kappa shape index (κ1) is 15.0. The Balaban J connectivity index is 1.99. The van der Waals surface area contributed by atoms with E-state index in [1.54, 1.807) is 24.4 Å². The van der Waals surface area contributed by atoms with Gasteiger partial charge in [-0.25, -0.2) is 9.78 Å². The van der Waals surface area contributed by atoms with Crippen molar-refractivity contribution in [3.8, 4) is 5.88 Å². The van der Waals surface area contributed by atoms with E-state index >= 15 is 0 Å². The molecule has 2 rings (SSSR count). The van der Waals surface area contributed by atoms with Gasteiger partial charge in [0, 0.05) is 12.3 Å². The summed E-state index contributed by atoms with van der Waals surface area (Å²) < 4.78 is 10.5. The Morgan fingerprint density at radius 2 is 1.90 bits per heavy atom. The van der Waals surface area contributed by atoms with E-state index < -0.39 is 6.16 Å².